The lowest BCUT2D eigenvalue weighted by molar-refractivity contribution is 0.0539. The van der Waals surface area contributed by atoms with Gasteiger partial charge in [0.1, 0.15) is 10.8 Å². The molecule has 25 heavy (non-hydrogen) atoms. The molecule has 0 aliphatic heterocycles. The minimum absolute atomic E-state index is 0.215. The van der Waals surface area contributed by atoms with Gasteiger partial charge >= 0.3 is 6.09 Å². The maximum Gasteiger partial charge on any atom is 0.422 e. The molecule has 128 valence electrons. The van der Waals surface area contributed by atoms with Crippen LogP contribution in [-0.2, 0) is 4.74 Å². The number of fused-ring (bicyclic) bond motifs is 1. The van der Waals surface area contributed by atoms with Crippen molar-refractivity contribution in [2.45, 2.75) is 26.4 Å². The molecule has 0 N–H and O–H groups in total. The summed E-state index contributed by atoms with van der Waals surface area (Å²) in [6.45, 7) is 5.23. The molecule has 0 spiro atoms. The topological polar surface area (TPSA) is 61.2 Å². The van der Waals surface area contributed by atoms with Crippen LogP contribution in [0.5, 0.6) is 0 Å². The number of rotatable bonds is 1. The average Bonchev–Trinajstić information content (AvgIpc) is 2.53. The van der Waals surface area contributed by atoms with Crippen molar-refractivity contribution in [2.24, 2.45) is 0 Å². The summed E-state index contributed by atoms with van der Waals surface area (Å²) in [5.41, 5.74) is 0.206. The first-order chi connectivity index (χ1) is 11.8. The fourth-order valence-electron chi connectivity index (χ4n) is 2.52. The van der Waals surface area contributed by atoms with Crippen LogP contribution in [0.1, 0.15) is 20.8 Å². The van der Waals surface area contributed by atoms with Crippen LogP contribution in [0.15, 0.2) is 53.5 Å². The molecule has 0 radical (unpaired) electrons. The van der Waals surface area contributed by atoms with Crippen molar-refractivity contribution in [1.29, 1.82) is 0 Å². The molecule has 0 atom stereocenters. The number of nitrogens with zero attached hydrogens (tertiary/aromatic N) is 2. The molecule has 0 saturated carbocycles. The number of halogens is 1. The maximum absolute atomic E-state index is 13.0. The predicted molar refractivity (Wildman–Crippen MR) is 98.1 cm³/mol. The molecule has 0 aliphatic carbocycles. The van der Waals surface area contributed by atoms with Gasteiger partial charge in [-0.1, -0.05) is 41.9 Å². The molecule has 1 aromatic carbocycles. The largest absolute Gasteiger partial charge is 0.443 e. The van der Waals surface area contributed by atoms with E-state index < -0.39 is 17.3 Å². The van der Waals surface area contributed by atoms with Crippen molar-refractivity contribution in [1.82, 2.24) is 9.55 Å². The van der Waals surface area contributed by atoms with Gasteiger partial charge in [0.15, 0.2) is 0 Å². The Morgan fingerprint density at radius 2 is 1.84 bits per heavy atom. The van der Waals surface area contributed by atoms with Crippen LogP contribution >= 0.6 is 11.6 Å². The van der Waals surface area contributed by atoms with E-state index in [1.807, 2.05) is 18.2 Å². The Morgan fingerprint density at radius 3 is 2.48 bits per heavy atom. The minimum Gasteiger partial charge on any atom is -0.443 e. The zero-order valence-corrected chi connectivity index (χ0v) is 14.9. The first-order valence-corrected chi connectivity index (χ1v) is 8.15. The minimum atomic E-state index is -0.748. The molecule has 2 aromatic heterocycles. The van der Waals surface area contributed by atoms with Gasteiger partial charge in [-0.05, 0) is 38.5 Å². The summed E-state index contributed by atoms with van der Waals surface area (Å²) in [4.78, 5) is 29.7. The number of carbonyl (C=O) groups excluding carboxylic acids is 1. The highest BCUT2D eigenvalue weighted by molar-refractivity contribution is 6.34. The highest BCUT2D eigenvalue weighted by atomic mass is 35.5. The van der Waals surface area contributed by atoms with Gasteiger partial charge in [-0.15, -0.1) is 0 Å². The van der Waals surface area contributed by atoms with Crippen molar-refractivity contribution in [3.63, 3.8) is 0 Å². The number of aromatic nitrogens is 2. The number of carbonyl (C=O) groups is 1. The van der Waals surface area contributed by atoms with Crippen LogP contribution in [0.4, 0.5) is 4.79 Å². The Labute approximate surface area is 149 Å². The highest BCUT2D eigenvalue weighted by Gasteiger charge is 2.23. The first-order valence-electron chi connectivity index (χ1n) is 7.77. The van der Waals surface area contributed by atoms with E-state index >= 15 is 0 Å². The van der Waals surface area contributed by atoms with Crippen molar-refractivity contribution >= 4 is 28.6 Å². The quantitative estimate of drug-likeness (QED) is 0.602. The summed E-state index contributed by atoms with van der Waals surface area (Å²) >= 11 is 6.20. The van der Waals surface area contributed by atoms with E-state index in [1.165, 1.54) is 6.20 Å². The third kappa shape index (κ3) is 3.42. The molecule has 6 heteroatoms. The smallest absolute Gasteiger partial charge is 0.422 e. The molecule has 0 unspecified atom stereocenters. The monoisotopic (exact) mass is 356 g/mol. The molecular weight excluding hydrogens is 340 g/mol. The van der Waals surface area contributed by atoms with Crippen molar-refractivity contribution < 1.29 is 9.53 Å². The van der Waals surface area contributed by atoms with Crippen LogP contribution in [0, 0.1) is 0 Å². The van der Waals surface area contributed by atoms with Crippen LogP contribution < -0.4 is 5.56 Å². The van der Waals surface area contributed by atoms with E-state index in [-0.39, 0.29) is 5.15 Å². The molecule has 0 amide bonds. The fraction of sp³-hybridized carbons (Fsp3) is 0.211. The van der Waals surface area contributed by atoms with E-state index in [2.05, 4.69) is 4.98 Å². The van der Waals surface area contributed by atoms with E-state index in [1.54, 1.807) is 45.0 Å². The standard InChI is InChI=1S/C19H17ClN2O3/c1-19(2,3)25-18(24)22-15-9-10-21-16(20)14(15)11-13(17(22)23)12-7-5-4-6-8-12/h4-11H,1-3H3. The van der Waals surface area contributed by atoms with Crippen LogP contribution in [0.25, 0.3) is 22.0 Å². The fourth-order valence-corrected chi connectivity index (χ4v) is 2.72. The van der Waals surface area contributed by atoms with Gasteiger partial charge in [-0.25, -0.2) is 14.3 Å². The molecule has 3 rings (SSSR count). The second-order valence-corrected chi connectivity index (χ2v) is 6.94. The summed E-state index contributed by atoms with van der Waals surface area (Å²) < 4.78 is 6.41. The Bertz CT molecular complexity index is 1000. The van der Waals surface area contributed by atoms with Gasteiger partial charge in [-0.3, -0.25) is 4.79 Å². The summed E-state index contributed by atoms with van der Waals surface area (Å²) in [6.07, 6.45) is 0.704. The predicted octanol–water partition coefficient (Wildman–Crippen LogP) is 4.50. The van der Waals surface area contributed by atoms with Gasteiger partial charge in [-0.2, -0.15) is 0 Å². The number of ether oxygens (including phenoxy) is 1. The SMILES string of the molecule is CC(C)(C)OC(=O)n1c(=O)c(-c2ccccc2)cc2c(Cl)nccc21. The summed E-state index contributed by atoms with van der Waals surface area (Å²) in [6, 6.07) is 12.3. The lowest BCUT2D eigenvalue weighted by Gasteiger charge is -2.21. The molecule has 0 fully saturated rings. The Morgan fingerprint density at radius 1 is 1.16 bits per heavy atom. The normalized spacial score (nSPS) is 11.5. The Hall–Kier alpha value is -2.66. The van der Waals surface area contributed by atoms with Gasteiger partial charge in [0.25, 0.3) is 5.56 Å². The average molecular weight is 357 g/mol. The second-order valence-electron chi connectivity index (χ2n) is 6.58. The molecule has 3 aromatic rings. The van der Waals surface area contributed by atoms with Crippen LogP contribution in [-0.4, -0.2) is 21.2 Å². The molecule has 0 bridgehead atoms. The van der Waals surface area contributed by atoms with E-state index in [0.29, 0.717) is 22.0 Å². The number of benzene rings is 1. The summed E-state index contributed by atoms with van der Waals surface area (Å²) in [5, 5.41) is 0.723. The molecule has 2 heterocycles. The third-order valence-electron chi connectivity index (χ3n) is 3.54. The van der Waals surface area contributed by atoms with E-state index in [9.17, 15) is 9.59 Å². The summed E-state index contributed by atoms with van der Waals surface area (Å²) in [7, 11) is 0. The van der Waals surface area contributed by atoms with Crippen molar-refractivity contribution in [3.8, 4) is 11.1 Å². The van der Waals surface area contributed by atoms with Gasteiger partial charge in [0.05, 0.1) is 5.52 Å². The number of pyridine rings is 2. The van der Waals surface area contributed by atoms with Crippen LogP contribution in [0.2, 0.25) is 5.15 Å². The number of hydrogen-bond acceptors (Lipinski definition) is 4. The van der Waals surface area contributed by atoms with Gasteiger partial charge in [0.2, 0.25) is 0 Å². The zero-order chi connectivity index (χ0) is 18.2. The molecule has 0 saturated heterocycles. The molecule has 5 nitrogen and oxygen atoms in total. The van der Waals surface area contributed by atoms with Crippen LogP contribution in [0.3, 0.4) is 0 Å². The van der Waals surface area contributed by atoms with Crippen molar-refractivity contribution in [2.75, 3.05) is 0 Å². The van der Waals surface area contributed by atoms with E-state index in [0.717, 1.165) is 4.57 Å². The molecular formula is C19H17ClN2O3. The first kappa shape index (κ1) is 17.2. The highest BCUT2D eigenvalue weighted by Crippen LogP contribution is 2.25. The van der Waals surface area contributed by atoms with Gasteiger partial charge in [0, 0.05) is 17.1 Å². The Kier molecular flexibility index (Phi) is 4.35. The van der Waals surface area contributed by atoms with Gasteiger partial charge < -0.3 is 4.74 Å². The summed E-state index contributed by atoms with van der Waals surface area (Å²) in [5.74, 6) is 0. The zero-order valence-electron chi connectivity index (χ0n) is 14.1. The third-order valence-corrected chi connectivity index (χ3v) is 3.84. The lowest BCUT2D eigenvalue weighted by Crippen LogP contribution is -2.34. The number of hydrogen-bond donors (Lipinski definition) is 0. The Balaban J connectivity index is 2.34. The lowest BCUT2D eigenvalue weighted by atomic mass is 10.1. The second kappa shape index (κ2) is 6.33. The van der Waals surface area contributed by atoms with Crippen molar-refractivity contribution in [3.05, 3.63) is 64.2 Å². The maximum atomic E-state index is 13.0. The molecule has 0 aliphatic rings. The van der Waals surface area contributed by atoms with E-state index in [4.69, 9.17) is 16.3 Å².